The van der Waals surface area contributed by atoms with Crippen LogP contribution in [-0.2, 0) is 13.1 Å². The molecule has 27 heavy (non-hydrogen) atoms. The number of hydrogen-bond acceptors (Lipinski definition) is 7. The van der Waals surface area contributed by atoms with Gasteiger partial charge in [-0.25, -0.2) is 19.9 Å². The second-order valence-electron chi connectivity index (χ2n) is 6.58. The fraction of sp³-hybridized carbons (Fsp3) is 0.368. The molecule has 0 N–H and O–H groups in total. The van der Waals surface area contributed by atoms with Gasteiger partial charge >= 0.3 is 6.01 Å². The van der Waals surface area contributed by atoms with Crippen molar-refractivity contribution < 1.29 is 9.47 Å². The lowest BCUT2D eigenvalue weighted by Crippen LogP contribution is -2.39. The van der Waals surface area contributed by atoms with Crippen LogP contribution in [0.1, 0.15) is 23.0 Å². The lowest BCUT2D eigenvalue weighted by Gasteiger charge is -2.34. The SMILES string of the molecule is COc1ncccc1CN1Cc2cncn2[C@@H](COc2nccc(C)n2)C1. The Morgan fingerprint density at radius 3 is 3.00 bits per heavy atom. The molecule has 140 valence electrons. The van der Waals surface area contributed by atoms with E-state index in [-0.39, 0.29) is 6.04 Å². The molecule has 0 saturated heterocycles. The zero-order valence-electron chi connectivity index (χ0n) is 15.4. The first-order valence-electron chi connectivity index (χ1n) is 8.86. The summed E-state index contributed by atoms with van der Waals surface area (Å²) in [5.41, 5.74) is 3.11. The van der Waals surface area contributed by atoms with Crippen molar-refractivity contribution in [3.8, 4) is 11.9 Å². The Labute approximate surface area is 157 Å². The highest BCUT2D eigenvalue weighted by molar-refractivity contribution is 5.25. The Hall–Kier alpha value is -3.00. The summed E-state index contributed by atoms with van der Waals surface area (Å²) in [7, 11) is 1.65. The van der Waals surface area contributed by atoms with E-state index in [2.05, 4.69) is 29.4 Å². The van der Waals surface area contributed by atoms with E-state index in [1.165, 1.54) is 0 Å². The molecule has 0 unspecified atom stereocenters. The van der Waals surface area contributed by atoms with Crippen molar-refractivity contribution >= 4 is 0 Å². The molecule has 8 heteroatoms. The van der Waals surface area contributed by atoms with Gasteiger partial charge in [0.15, 0.2) is 0 Å². The highest BCUT2D eigenvalue weighted by atomic mass is 16.5. The van der Waals surface area contributed by atoms with Gasteiger partial charge in [-0.1, -0.05) is 6.07 Å². The van der Waals surface area contributed by atoms with Crippen LogP contribution in [0.15, 0.2) is 43.1 Å². The standard InChI is InChI=1S/C19H22N6O2/c1-14-5-7-22-19(23-14)27-12-17-11-24(10-16-8-20-13-25(16)17)9-15-4-3-6-21-18(15)26-2/h3-8,13,17H,9-12H2,1-2H3/t17-/m1/s1. The molecule has 1 aliphatic rings. The normalized spacial score (nSPS) is 16.7. The van der Waals surface area contributed by atoms with Crippen molar-refractivity contribution in [2.24, 2.45) is 0 Å². The van der Waals surface area contributed by atoms with E-state index in [1.807, 2.05) is 37.6 Å². The predicted octanol–water partition coefficient (Wildman–Crippen LogP) is 2.02. The first-order valence-corrected chi connectivity index (χ1v) is 8.86. The Bertz CT molecular complexity index is 912. The van der Waals surface area contributed by atoms with E-state index in [4.69, 9.17) is 9.47 Å². The van der Waals surface area contributed by atoms with Crippen LogP contribution in [0.5, 0.6) is 11.9 Å². The molecule has 4 heterocycles. The zero-order valence-corrected chi connectivity index (χ0v) is 15.4. The Balaban J connectivity index is 1.49. The van der Waals surface area contributed by atoms with Gasteiger partial charge in [0.05, 0.1) is 25.2 Å². The largest absolute Gasteiger partial charge is 0.481 e. The number of rotatable bonds is 6. The van der Waals surface area contributed by atoms with Crippen LogP contribution < -0.4 is 9.47 Å². The topological polar surface area (TPSA) is 78.2 Å². The lowest BCUT2D eigenvalue weighted by atomic mass is 10.1. The highest BCUT2D eigenvalue weighted by Gasteiger charge is 2.26. The number of ether oxygens (including phenoxy) is 2. The lowest BCUT2D eigenvalue weighted by molar-refractivity contribution is 0.131. The summed E-state index contributed by atoms with van der Waals surface area (Å²) in [6, 6.07) is 6.36. The van der Waals surface area contributed by atoms with Gasteiger partial charge in [-0.3, -0.25) is 4.90 Å². The molecule has 8 nitrogen and oxygen atoms in total. The number of pyridine rings is 1. The average Bonchev–Trinajstić information content (AvgIpc) is 3.15. The van der Waals surface area contributed by atoms with Crippen LogP contribution in [0.4, 0.5) is 0 Å². The van der Waals surface area contributed by atoms with Crippen LogP contribution in [0.2, 0.25) is 0 Å². The van der Waals surface area contributed by atoms with Crippen molar-refractivity contribution in [2.45, 2.75) is 26.1 Å². The molecular weight excluding hydrogens is 344 g/mol. The number of methoxy groups -OCH3 is 1. The first-order chi connectivity index (χ1) is 13.2. The minimum absolute atomic E-state index is 0.128. The Kier molecular flexibility index (Phi) is 4.97. The summed E-state index contributed by atoms with van der Waals surface area (Å²) >= 11 is 0. The summed E-state index contributed by atoms with van der Waals surface area (Å²) in [6.45, 7) is 4.79. The van der Waals surface area contributed by atoms with E-state index in [0.29, 0.717) is 18.5 Å². The van der Waals surface area contributed by atoms with Crippen molar-refractivity contribution in [1.29, 1.82) is 0 Å². The van der Waals surface area contributed by atoms with Gasteiger partial charge in [-0.2, -0.15) is 0 Å². The molecule has 1 aliphatic heterocycles. The fourth-order valence-corrected chi connectivity index (χ4v) is 3.35. The molecule has 0 radical (unpaired) electrons. The molecule has 0 bridgehead atoms. The molecular formula is C19H22N6O2. The molecule has 0 fully saturated rings. The summed E-state index contributed by atoms with van der Waals surface area (Å²) in [5.74, 6) is 0.664. The monoisotopic (exact) mass is 366 g/mol. The molecule has 0 aromatic carbocycles. The van der Waals surface area contributed by atoms with E-state index in [9.17, 15) is 0 Å². The maximum atomic E-state index is 5.86. The predicted molar refractivity (Wildman–Crippen MR) is 98.4 cm³/mol. The minimum atomic E-state index is 0.128. The molecule has 3 aromatic heterocycles. The Morgan fingerprint density at radius 1 is 1.22 bits per heavy atom. The molecule has 0 saturated carbocycles. The molecule has 0 aliphatic carbocycles. The van der Waals surface area contributed by atoms with E-state index >= 15 is 0 Å². The third-order valence-corrected chi connectivity index (χ3v) is 4.61. The zero-order chi connectivity index (χ0) is 18.6. The summed E-state index contributed by atoms with van der Waals surface area (Å²) in [4.78, 5) is 19.4. The van der Waals surface area contributed by atoms with E-state index < -0.39 is 0 Å². The number of aromatic nitrogens is 5. The van der Waals surface area contributed by atoms with Crippen molar-refractivity contribution in [3.63, 3.8) is 0 Å². The number of hydrogen-bond donors (Lipinski definition) is 0. The van der Waals surface area contributed by atoms with Crippen molar-refractivity contribution in [3.05, 3.63) is 60.1 Å². The van der Waals surface area contributed by atoms with Gasteiger partial charge in [0, 0.05) is 49.5 Å². The van der Waals surface area contributed by atoms with Gasteiger partial charge in [-0.15, -0.1) is 0 Å². The van der Waals surface area contributed by atoms with Crippen LogP contribution in [0.3, 0.4) is 0 Å². The summed E-state index contributed by atoms with van der Waals surface area (Å²) in [5, 5.41) is 0. The molecule has 1 atom stereocenters. The maximum Gasteiger partial charge on any atom is 0.316 e. The molecule has 0 amide bonds. The average molecular weight is 366 g/mol. The summed E-state index contributed by atoms with van der Waals surface area (Å²) in [6.07, 6.45) is 7.22. The van der Waals surface area contributed by atoms with Crippen LogP contribution in [-0.4, -0.2) is 49.7 Å². The minimum Gasteiger partial charge on any atom is -0.481 e. The quantitative estimate of drug-likeness (QED) is 0.660. The van der Waals surface area contributed by atoms with Crippen molar-refractivity contribution in [2.75, 3.05) is 20.3 Å². The van der Waals surface area contributed by atoms with E-state index in [0.717, 1.165) is 36.6 Å². The van der Waals surface area contributed by atoms with Crippen molar-refractivity contribution in [1.82, 2.24) is 29.4 Å². The molecule has 3 aromatic rings. The molecule has 0 spiro atoms. The number of nitrogens with zero attached hydrogens (tertiary/aromatic N) is 6. The second-order valence-corrected chi connectivity index (χ2v) is 6.58. The van der Waals surface area contributed by atoms with Crippen LogP contribution in [0.25, 0.3) is 0 Å². The first kappa shape index (κ1) is 17.4. The fourth-order valence-electron chi connectivity index (χ4n) is 3.35. The second kappa shape index (κ2) is 7.71. The third kappa shape index (κ3) is 3.90. The third-order valence-electron chi connectivity index (χ3n) is 4.61. The number of fused-ring (bicyclic) bond motifs is 1. The van der Waals surface area contributed by atoms with Gasteiger partial charge < -0.3 is 14.0 Å². The number of aryl methyl sites for hydroxylation is 1. The van der Waals surface area contributed by atoms with Gasteiger partial charge in [-0.05, 0) is 19.1 Å². The smallest absolute Gasteiger partial charge is 0.316 e. The highest BCUT2D eigenvalue weighted by Crippen LogP contribution is 2.25. The summed E-state index contributed by atoms with van der Waals surface area (Å²) < 4.78 is 13.4. The van der Waals surface area contributed by atoms with Gasteiger partial charge in [0.25, 0.3) is 0 Å². The molecule has 4 rings (SSSR count). The Morgan fingerprint density at radius 2 is 2.15 bits per heavy atom. The van der Waals surface area contributed by atoms with E-state index in [1.54, 1.807) is 19.5 Å². The maximum absolute atomic E-state index is 5.86. The van der Waals surface area contributed by atoms with Gasteiger partial charge in [0.1, 0.15) is 6.61 Å². The number of imidazole rings is 1. The van der Waals surface area contributed by atoms with Crippen LogP contribution in [0, 0.1) is 6.92 Å². The van der Waals surface area contributed by atoms with Crippen LogP contribution >= 0.6 is 0 Å². The van der Waals surface area contributed by atoms with Gasteiger partial charge in [0.2, 0.25) is 5.88 Å².